The van der Waals surface area contributed by atoms with Crippen LogP contribution in [0.5, 0.6) is 5.75 Å². The van der Waals surface area contributed by atoms with Crippen LogP contribution in [-0.4, -0.2) is 17.0 Å². The summed E-state index contributed by atoms with van der Waals surface area (Å²) in [6, 6.07) is 10.6. The number of pyridine rings is 1. The largest absolute Gasteiger partial charge is 0.491 e. The number of carbonyl (C=O) groups excluding carboxylic acids is 1. The summed E-state index contributed by atoms with van der Waals surface area (Å²) in [7, 11) is 0. The Bertz CT molecular complexity index is 580. The molecule has 104 valence electrons. The summed E-state index contributed by atoms with van der Waals surface area (Å²) < 4.78 is 6.26. The van der Waals surface area contributed by atoms with Crippen molar-refractivity contribution in [2.45, 2.75) is 20.0 Å². The molecule has 2 rings (SSSR count). The number of anilines is 1. The van der Waals surface area contributed by atoms with Gasteiger partial charge in [0.2, 0.25) is 0 Å². The molecule has 0 aliphatic rings. The van der Waals surface area contributed by atoms with Crippen LogP contribution in [0.3, 0.4) is 0 Å². The summed E-state index contributed by atoms with van der Waals surface area (Å²) >= 11 is 3.25. The molecule has 0 bridgehead atoms. The Hall–Kier alpha value is -1.88. The maximum absolute atomic E-state index is 12.0. The Balaban J connectivity index is 2.03. The molecular formula is C15H15BrN2O2. The number of amides is 1. The van der Waals surface area contributed by atoms with Crippen molar-refractivity contribution in [3.05, 3.63) is 52.8 Å². The van der Waals surface area contributed by atoms with Gasteiger partial charge in [0.25, 0.3) is 5.91 Å². The van der Waals surface area contributed by atoms with E-state index in [-0.39, 0.29) is 12.0 Å². The van der Waals surface area contributed by atoms with Gasteiger partial charge in [-0.05, 0) is 66.2 Å². The van der Waals surface area contributed by atoms with E-state index in [4.69, 9.17) is 4.74 Å². The van der Waals surface area contributed by atoms with Crippen LogP contribution in [0.15, 0.2) is 47.2 Å². The van der Waals surface area contributed by atoms with Gasteiger partial charge in [-0.3, -0.25) is 4.79 Å². The van der Waals surface area contributed by atoms with E-state index in [0.29, 0.717) is 11.3 Å². The second-order valence-electron chi connectivity index (χ2n) is 4.51. The van der Waals surface area contributed by atoms with Crippen LogP contribution in [0, 0.1) is 0 Å². The maximum atomic E-state index is 12.0. The highest BCUT2D eigenvalue weighted by atomic mass is 79.9. The number of hydrogen-bond donors (Lipinski definition) is 1. The molecule has 5 heteroatoms. The van der Waals surface area contributed by atoms with E-state index < -0.39 is 0 Å². The van der Waals surface area contributed by atoms with Crippen molar-refractivity contribution in [1.29, 1.82) is 0 Å². The van der Waals surface area contributed by atoms with Crippen molar-refractivity contribution in [2.75, 3.05) is 5.32 Å². The smallest absolute Gasteiger partial charge is 0.255 e. The zero-order valence-corrected chi connectivity index (χ0v) is 12.8. The molecule has 1 aromatic carbocycles. The Kier molecular flexibility index (Phi) is 4.74. The number of nitrogens with zero attached hydrogens (tertiary/aromatic N) is 1. The first-order valence-electron chi connectivity index (χ1n) is 6.24. The first-order chi connectivity index (χ1) is 9.54. The molecule has 1 heterocycles. The fraction of sp³-hybridized carbons (Fsp3) is 0.200. The first-order valence-corrected chi connectivity index (χ1v) is 7.03. The first kappa shape index (κ1) is 14.5. The average Bonchev–Trinajstić information content (AvgIpc) is 2.41. The number of aromatic nitrogens is 1. The quantitative estimate of drug-likeness (QED) is 0.863. The van der Waals surface area contributed by atoms with Crippen LogP contribution in [0.4, 0.5) is 5.69 Å². The lowest BCUT2D eigenvalue weighted by molar-refractivity contribution is 0.102. The van der Waals surface area contributed by atoms with Gasteiger partial charge < -0.3 is 10.1 Å². The maximum Gasteiger partial charge on any atom is 0.255 e. The third kappa shape index (κ3) is 4.06. The number of hydrogen-bond acceptors (Lipinski definition) is 3. The summed E-state index contributed by atoms with van der Waals surface area (Å²) in [6.45, 7) is 3.92. The van der Waals surface area contributed by atoms with Crippen LogP contribution < -0.4 is 10.1 Å². The fourth-order valence-electron chi connectivity index (χ4n) is 1.61. The molecule has 0 spiro atoms. The second kappa shape index (κ2) is 6.52. The van der Waals surface area contributed by atoms with E-state index in [2.05, 4.69) is 26.2 Å². The van der Waals surface area contributed by atoms with Crippen LogP contribution >= 0.6 is 15.9 Å². The average molecular weight is 335 g/mol. The molecule has 0 fully saturated rings. The molecule has 2 aromatic rings. The van der Waals surface area contributed by atoms with E-state index >= 15 is 0 Å². The van der Waals surface area contributed by atoms with E-state index in [9.17, 15) is 4.79 Å². The Labute approximate surface area is 126 Å². The van der Waals surface area contributed by atoms with Crippen LogP contribution in [0.1, 0.15) is 24.2 Å². The number of halogens is 1. The minimum atomic E-state index is -0.176. The summed E-state index contributed by atoms with van der Waals surface area (Å²) in [5.74, 6) is 0.576. The van der Waals surface area contributed by atoms with E-state index in [1.807, 2.05) is 13.8 Å². The number of nitrogens with one attached hydrogen (secondary N) is 1. The second-order valence-corrected chi connectivity index (χ2v) is 5.33. The number of carbonyl (C=O) groups is 1. The summed E-state index contributed by atoms with van der Waals surface area (Å²) in [5.41, 5.74) is 1.23. The van der Waals surface area contributed by atoms with Crippen LogP contribution in [0.2, 0.25) is 0 Å². The highest BCUT2D eigenvalue weighted by molar-refractivity contribution is 9.10. The van der Waals surface area contributed by atoms with Gasteiger partial charge in [-0.15, -0.1) is 0 Å². The highest BCUT2D eigenvalue weighted by Crippen LogP contribution is 2.16. The number of rotatable bonds is 4. The van der Waals surface area contributed by atoms with Gasteiger partial charge in [0.1, 0.15) is 10.4 Å². The predicted octanol–water partition coefficient (Wildman–Crippen LogP) is 3.88. The van der Waals surface area contributed by atoms with E-state index in [0.717, 1.165) is 10.4 Å². The molecule has 0 aliphatic heterocycles. The van der Waals surface area contributed by atoms with Crippen molar-refractivity contribution < 1.29 is 9.53 Å². The highest BCUT2D eigenvalue weighted by Gasteiger charge is 2.07. The van der Waals surface area contributed by atoms with E-state index in [1.54, 1.807) is 42.6 Å². The van der Waals surface area contributed by atoms with Gasteiger partial charge in [-0.2, -0.15) is 0 Å². The molecular weight excluding hydrogens is 320 g/mol. The molecule has 0 aliphatic carbocycles. The molecule has 0 unspecified atom stereocenters. The van der Waals surface area contributed by atoms with Crippen molar-refractivity contribution in [2.24, 2.45) is 0 Å². The lowest BCUT2D eigenvalue weighted by Crippen LogP contribution is -2.12. The molecule has 0 saturated heterocycles. The molecule has 4 nitrogen and oxygen atoms in total. The normalized spacial score (nSPS) is 10.4. The lowest BCUT2D eigenvalue weighted by atomic mass is 10.2. The molecule has 1 N–H and O–H groups in total. The monoisotopic (exact) mass is 334 g/mol. The molecule has 20 heavy (non-hydrogen) atoms. The van der Waals surface area contributed by atoms with Crippen molar-refractivity contribution in [1.82, 2.24) is 4.98 Å². The standard InChI is InChI=1S/C15H15BrN2O2/c1-10(2)20-13-6-3-11(4-7-13)15(19)18-12-5-8-14(16)17-9-12/h3-10H,1-2H3,(H,18,19). The SMILES string of the molecule is CC(C)Oc1ccc(C(=O)Nc2ccc(Br)nc2)cc1. The number of ether oxygens (including phenoxy) is 1. The lowest BCUT2D eigenvalue weighted by Gasteiger charge is -2.10. The predicted molar refractivity (Wildman–Crippen MR) is 82.1 cm³/mol. The van der Waals surface area contributed by atoms with Gasteiger partial charge in [-0.25, -0.2) is 4.98 Å². The zero-order chi connectivity index (χ0) is 14.5. The van der Waals surface area contributed by atoms with Crippen molar-refractivity contribution in [3.8, 4) is 5.75 Å². The van der Waals surface area contributed by atoms with Crippen LogP contribution in [-0.2, 0) is 0 Å². The third-order valence-corrected chi connectivity index (χ3v) is 2.94. The van der Waals surface area contributed by atoms with Crippen molar-refractivity contribution >= 4 is 27.5 Å². The fourth-order valence-corrected chi connectivity index (χ4v) is 1.84. The van der Waals surface area contributed by atoms with Crippen molar-refractivity contribution in [3.63, 3.8) is 0 Å². The molecule has 0 radical (unpaired) electrons. The minimum absolute atomic E-state index is 0.114. The summed E-state index contributed by atoms with van der Waals surface area (Å²) in [5, 5.41) is 2.78. The van der Waals surface area contributed by atoms with Gasteiger partial charge in [0, 0.05) is 5.56 Å². The summed E-state index contributed by atoms with van der Waals surface area (Å²) in [6.07, 6.45) is 1.71. The Morgan fingerprint density at radius 1 is 1.20 bits per heavy atom. The van der Waals surface area contributed by atoms with Gasteiger partial charge in [-0.1, -0.05) is 0 Å². The van der Waals surface area contributed by atoms with Gasteiger partial charge >= 0.3 is 0 Å². The Morgan fingerprint density at radius 3 is 2.45 bits per heavy atom. The minimum Gasteiger partial charge on any atom is -0.491 e. The van der Waals surface area contributed by atoms with Gasteiger partial charge in [0.15, 0.2) is 0 Å². The molecule has 1 amide bonds. The molecule has 1 aromatic heterocycles. The topological polar surface area (TPSA) is 51.2 Å². The van der Waals surface area contributed by atoms with E-state index in [1.165, 1.54) is 0 Å². The third-order valence-electron chi connectivity index (χ3n) is 2.47. The number of benzene rings is 1. The molecule has 0 atom stereocenters. The zero-order valence-electron chi connectivity index (χ0n) is 11.3. The summed E-state index contributed by atoms with van der Waals surface area (Å²) in [4.78, 5) is 16.1. The van der Waals surface area contributed by atoms with Crippen LogP contribution in [0.25, 0.3) is 0 Å². The Morgan fingerprint density at radius 2 is 1.90 bits per heavy atom. The molecule has 0 saturated carbocycles. The van der Waals surface area contributed by atoms with Gasteiger partial charge in [0.05, 0.1) is 18.0 Å².